The number of carbonyl (C=O) groups is 1. The van der Waals surface area contributed by atoms with Crippen LogP contribution < -0.4 is 10.6 Å². The van der Waals surface area contributed by atoms with Crippen LogP contribution in [0.1, 0.15) is 23.3 Å². The van der Waals surface area contributed by atoms with E-state index in [9.17, 15) is 9.18 Å². The molecule has 1 aliphatic heterocycles. The first-order chi connectivity index (χ1) is 11.7. The number of aromatic nitrogens is 2. The van der Waals surface area contributed by atoms with Crippen LogP contribution in [0.2, 0.25) is 0 Å². The summed E-state index contributed by atoms with van der Waals surface area (Å²) >= 11 is 0. The Morgan fingerprint density at radius 3 is 3.12 bits per heavy atom. The van der Waals surface area contributed by atoms with Gasteiger partial charge in [0.25, 0.3) is 0 Å². The standard InChI is InChI=1S/C16H20FN5O2.ClH/c1-18-15(23)8-14-20-16(24-21-14)10-22-6-5-19-9-13(22)11-3-2-4-12(17)7-11;/h2-4,7,13,19H,5-6,8-10H2,1H3,(H,18,23);1H. The number of hydrogen-bond acceptors (Lipinski definition) is 6. The average Bonchev–Trinajstić information content (AvgIpc) is 3.02. The molecule has 25 heavy (non-hydrogen) atoms. The molecule has 1 unspecified atom stereocenters. The Morgan fingerprint density at radius 2 is 2.36 bits per heavy atom. The van der Waals surface area contributed by atoms with Crippen LogP contribution in [-0.4, -0.2) is 47.6 Å². The zero-order chi connectivity index (χ0) is 16.9. The van der Waals surface area contributed by atoms with Gasteiger partial charge in [-0.1, -0.05) is 17.3 Å². The number of piperazine rings is 1. The molecule has 2 aromatic rings. The van der Waals surface area contributed by atoms with E-state index in [1.165, 1.54) is 6.07 Å². The van der Waals surface area contributed by atoms with Crippen molar-refractivity contribution in [3.05, 3.63) is 47.4 Å². The first-order valence-electron chi connectivity index (χ1n) is 7.88. The van der Waals surface area contributed by atoms with Gasteiger partial charge in [0, 0.05) is 32.7 Å². The highest BCUT2D eigenvalue weighted by atomic mass is 35.5. The molecule has 0 spiro atoms. The first kappa shape index (κ1) is 19.3. The van der Waals surface area contributed by atoms with Crippen LogP contribution in [0.25, 0.3) is 0 Å². The molecule has 0 radical (unpaired) electrons. The summed E-state index contributed by atoms with van der Waals surface area (Å²) in [6.07, 6.45) is 0.0921. The van der Waals surface area contributed by atoms with Gasteiger partial charge in [-0.05, 0) is 17.7 Å². The number of rotatable bonds is 5. The fraction of sp³-hybridized carbons (Fsp3) is 0.438. The molecule has 0 aliphatic carbocycles. The van der Waals surface area contributed by atoms with Crippen LogP contribution in [-0.2, 0) is 17.8 Å². The molecule has 0 bridgehead atoms. The quantitative estimate of drug-likeness (QED) is 0.820. The number of carbonyl (C=O) groups excluding carboxylic acids is 1. The van der Waals surface area contributed by atoms with Crippen molar-refractivity contribution in [3.63, 3.8) is 0 Å². The number of hydrogen-bond donors (Lipinski definition) is 2. The summed E-state index contributed by atoms with van der Waals surface area (Å²) in [4.78, 5) is 17.8. The fourth-order valence-electron chi connectivity index (χ4n) is 2.81. The molecule has 2 N–H and O–H groups in total. The summed E-state index contributed by atoms with van der Waals surface area (Å²) in [5, 5.41) is 9.68. The number of amides is 1. The maximum atomic E-state index is 13.5. The predicted molar refractivity (Wildman–Crippen MR) is 91.7 cm³/mol. The minimum absolute atomic E-state index is 0. The molecule has 0 saturated carbocycles. The second-order valence-corrected chi connectivity index (χ2v) is 5.70. The largest absolute Gasteiger partial charge is 0.359 e. The topological polar surface area (TPSA) is 83.3 Å². The van der Waals surface area contributed by atoms with Gasteiger partial charge in [0.15, 0.2) is 5.82 Å². The highest BCUT2D eigenvalue weighted by Gasteiger charge is 2.26. The van der Waals surface area contributed by atoms with E-state index < -0.39 is 0 Å². The van der Waals surface area contributed by atoms with Crippen LogP contribution in [0.15, 0.2) is 28.8 Å². The lowest BCUT2D eigenvalue weighted by atomic mass is 10.0. The maximum absolute atomic E-state index is 13.5. The van der Waals surface area contributed by atoms with Gasteiger partial charge >= 0.3 is 0 Å². The molecular weight excluding hydrogens is 349 g/mol. The van der Waals surface area contributed by atoms with Gasteiger partial charge in [0.05, 0.1) is 13.0 Å². The van der Waals surface area contributed by atoms with E-state index in [4.69, 9.17) is 4.52 Å². The molecule has 1 saturated heterocycles. The van der Waals surface area contributed by atoms with E-state index in [2.05, 4.69) is 25.7 Å². The van der Waals surface area contributed by atoms with Crippen molar-refractivity contribution < 1.29 is 13.7 Å². The van der Waals surface area contributed by atoms with Gasteiger partial charge in [-0.15, -0.1) is 12.4 Å². The van der Waals surface area contributed by atoms with E-state index in [0.717, 1.165) is 25.2 Å². The third-order valence-electron chi connectivity index (χ3n) is 4.03. The molecule has 2 heterocycles. The minimum atomic E-state index is -0.247. The van der Waals surface area contributed by atoms with Crippen molar-refractivity contribution in [3.8, 4) is 0 Å². The van der Waals surface area contributed by atoms with Crippen LogP contribution in [0.3, 0.4) is 0 Å². The van der Waals surface area contributed by atoms with Crippen molar-refractivity contribution in [1.82, 2.24) is 25.7 Å². The molecule has 1 aromatic heterocycles. The second kappa shape index (κ2) is 8.89. The first-order valence-corrected chi connectivity index (χ1v) is 7.88. The van der Waals surface area contributed by atoms with Crippen molar-refractivity contribution >= 4 is 18.3 Å². The number of halogens is 2. The van der Waals surface area contributed by atoms with E-state index in [-0.39, 0.29) is 36.6 Å². The van der Waals surface area contributed by atoms with Gasteiger partial charge < -0.3 is 15.2 Å². The zero-order valence-corrected chi connectivity index (χ0v) is 14.7. The second-order valence-electron chi connectivity index (χ2n) is 5.70. The van der Waals surface area contributed by atoms with Crippen molar-refractivity contribution in [2.24, 2.45) is 0 Å². The highest BCUT2D eigenvalue weighted by molar-refractivity contribution is 5.85. The molecule has 136 valence electrons. The van der Waals surface area contributed by atoms with E-state index in [1.807, 2.05) is 6.07 Å². The number of benzene rings is 1. The van der Waals surface area contributed by atoms with Gasteiger partial charge in [0.1, 0.15) is 5.82 Å². The molecule has 1 aromatic carbocycles. The van der Waals surface area contributed by atoms with Crippen molar-refractivity contribution in [2.75, 3.05) is 26.7 Å². The normalized spacial score (nSPS) is 17.8. The Labute approximate surface area is 151 Å². The Balaban J connectivity index is 0.00000225. The van der Waals surface area contributed by atoms with Crippen LogP contribution >= 0.6 is 12.4 Å². The van der Waals surface area contributed by atoms with Crippen molar-refractivity contribution in [2.45, 2.75) is 19.0 Å². The maximum Gasteiger partial charge on any atom is 0.240 e. The van der Waals surface area contributed by atoms with E-state index >= 15 is 0 Å². The molecule has 1 atom stereocenters. The molecule has 1 aliphatic rings. The number of nitrogens with one attached hydrogen (secondary N) is 2. The minimum Gasteiger partial charge on any atom is -0.359 e. The SMILES string of the molecule is CNC(=O)Cc1noc(CN2CCNCC2c2cccc(F)c2)n1.Cl. The highest BCUT2D eigenvalue weighted by Crippen LogP contribution is 2.24. The molecule has 7 nitrogen and oxygen atoms in total. The predicted octanol–water partition coefficient (Wildman–Crippen LogP) is 1.07. The number of likely N-dealkylation sites (N-methyl/N-ethyl adjacent to an activating group) is 1. The summed E-state index contributed by atoms with van der Waals surface area (Å²) < 4.78 is 18.8. The molecule has 9 heteroatoms. The fourth-order valence-corrected chi connectivity index (χ4v) is 2.81. The Kier molecular flexibility index (Phi) is 6.86. The summed E-state index contributed by atoms with van der Waals surface area (Å²) in [5.41, 5.74) is 0.910. The Bertz CT molecular complexity index is 711. The number of nitrogens with zero attached hydrogens (tertiary/aromatic N) is 3. The summed E-state index contributed by atoms with van der Waals surface area (Å²) in [7, 11) is 1.56. The lowest BCUT2D eigenvalue weighted by Gasteiger charge is -2.35. The zero-order valence-electron chi connectivity index (χ0n) is 13.9. The lowest BCUT2D eigenvalue weighted by Crippen LogP contribution is -2.45. The van der Waals surface area contributed by atoms with E-state index in [1.54, 1.807) is 19.2 Å². The van der Waals surface area contributed by atoms with Crippen LogP contribution in [0.5, 0.6) is 0 Å². The molecule has 3 rings (SSSR count). The molecular formula is C16H21ClFN5O2. The van der Waals surface area contributed by atoms with Gasteiger partial charge in [-0.3, -0.25) is 9.69 Å². The van der Waals surface area contributed by atoms with Crippen LogP contribution in [0.4, 0.5) is 4.39 Å². The van der Waals surface area contributed by atoms with Gasteiger partial charge in [0.2, 0.25) is 11.8 Å². The van der Waals surface area contributed by atoms with E-state index in [0.29, 0.717) is 18.3 Å². The molecule has 1 fully saturated rings. The summed E-state index contributed by atoms with van der Waals surface area (Å²) in [6.45, 7) is 2.81. The Morgan fingerprint density at radius 1 is 1.52 bits per heavy atom. The third-order valence-corrected chi connectivity index (χ3v) is 4.03. The third kappa shape index (κ3) is 4.97. The summed E-state index contributed by atoms with van der Waals surface area (Å²) in [6, 6.07) is 6.65. The Hall–Kier alpha value is -2.03. The molecule has 1 amide bonds. The van der Waals surface area contributed by atoms with Crippen LogP contribution in [0, 0.1) is 5.82 Å². The van der Waals surface area contributed by atoms with Crippen molar-refractivity contribution in [1.29, 1.82) is 0 Å². The smallest absolute Gasteiger partial charge is 0.240 e. The average molecular weight is 370 g/mol. The monoisotopic (exact) mass is 369 g/mol. The summed E-state index contributed by atoms with van der Waals surface area (Å²) in [5.74, 6) is 0.407. The van der Waals surface area contributed by atoms with Gasteiger partial charge in [-0.2, -0.15) is 4.98 Å². The lowest BCUT2D eigenvalue weighted by molar-refractivity contribution is -0.120. The van der Waals surface area contributed by atoms with Gasteiger partial charge in [-0.25, -0.2) is 4.39 Å².